The molecule has 0 spiro atoms. The van der Waals surface area contributed by atoms with Gasteiger partial charge in [0.25, 0.3) is 0 Å². The van der Waals surface area contributed by atoms with Gasteiger partial charge < -0.3 is 0 Å². The van der Waals surface area contributed by atoms with E-state index in [9.17, 15) is 0 Å². The predicted octanol–water partition coefficient (Wildman–Crippen LogP) is 10.1. The molecule has 1 aliphatic rings. The second-order valence-electron chi connectivity index (χ2n) is 10.5. The molecule has 0 aromatic rings. The fourth-order valence-electron chi connectivity index (χ4n) is 5.15. The quantitative estimate of drug-likeness (QED) is 0.138. The van der Waals surface area contributed by atoms with Crippen LogP contribution in [0.5, 0.6) is 0 Å². The molecule has 2 heteroatoms. The van der Waals surface area contributed by atoms with E-state index in [0.717, 1.165) is 6.54 Å². The summed E-state index contributed by atoms with van der Waals surface area (Å²) < 4.78 is 2.08. The summed E-state index contributed by atoms with van der Waals surface area (Å²) in [5.74, 6) is 0. The van der Waals surface area contributed by atoms with Gasteiger partial charge in [0.05, 0.1) is 0 Å². The van der Waals surface area contributed by atoms with Crippen molar-refractivity contribution >= 4 is 11.8 Å². The van der Waals surface area contributed by atoms with Crippen LogP contribution in [0.15, 0.2) is 0 Å². The molecule has 1 fully saturated rings. The molecular weight excluding hydrogens is 374 g/mol. The molecule has 0 saturated carbocycles. The van der Waals surface area contributed by atoms with Crippen LogP contribution < -0.4 is 0 Å². The van der Waals surface area contributed by atoms with E-state index in [2.05, 4.69) is 25.2 Å². The zero-order valence-corrected chi connectivity index (χ0v) is 21.2. The third kappa shape index (κ3) is 14.0. The van der Waals surface area contributed by atoms with Crippen molar-refractivity contribution in [2.75, 3.05) is 6.54 Å². The van der Waals surface area contributed by atoms with Crippen molar-refractivity contribution in [3.05, 3.63) is 0 Å². The maximum Gasteiger partial charge on any atom is 0.0303 e. The van der Waals surface area contributed by atoms with Crippen molar-refractivity contribution < 1.29 is 0 Å². The lowest BCUT2D eigenvalue weighted by atomic mass is 9.79. The zero-order valence-electron chi connectivity index (χ0n) is 20.5. The van der Waals surface area contributed by atoms with Crippen LogP contribution in [-0.2, 0) is 0 Å². The molecule has 0 amide bonds. The number of halogens is 1. The Morgan fingerprint density at radius 1 is 0.655 bits per heavy atom. The minimum Gasteiger partial charge on any atom is -0.217 e. The molecular formula is C27H54ClN. The van der Waals surface area contributed by atoms with Gasteiger partial charge in [-0.25, -0.2) is 4.42 Å². The van der Waals surface area contributed by atoms with E-state index in [1.54, 1.807) is 0 Å². The summed E-state index contributed by atoms with van der Waals surface area (Å²) in [4.78, 5) is 0. The molecule has 0 aromatic heterocycles. The van der Waals surface area contributed by atoms with Crippen LogP contribution >= 0.6 is 11.8 Å². The van der Waals surface area contributed by atoms with Crippen LogP contribution in [-0.4, -0.2) is 17.0 Å². The highest BCUT2D eigenvalue weighted by molar-refractivity contribution is 6.13. The zero-order chi connectivity index (χ0) is 21.2. The number of hydrogen-bond acceptors (Lipinski definition) is 1. The number of unbranched alkanes of at least 4 members (excludes halogenated alkanes) is 17. The monoisotopic (exact) mass is 427 g/mol. The van der Waals surface area contributed by atoms with Gasteiger partial charge in [-0.3, -0.25) is 0 Å². The van der Waals surface area contributed by atoms with Crippen molar-refractivity contribution in [1.29, 1.82) is 0 Å². The van der Waals surface area contributed by atoms with Crippen molar-refractivity contribution in [2.24, 2.45) is 5.41 Å². The van der Waals surface area contributed by atoms with Crippen LogP contribution in [0.2, 0.25) is 0 Å². The maximum atomic E-state index is 6.38. The molecule has 0 aromatic carbocycles. The molecule has 1 aliphatic heterocycles. The Morgan fingerprint density at radius 3 is 1.38 bits per heavy atom. The van der Waals surface area contributed by atoms with Gasteiger partial charge in [-0.15, -0.1) is 0 Å². The summed E-state index contributed by atoms with van der Waals surface area (Å²) in [6.07, 6.45) is 30.0. The smallest absolute Gasteiger partial charge is 0.0303 e. The van der Waals surface area contributed by atoms with E-state index >= 15 is 0 Å². The van der Waals surface area contributed by atoms with Crippen LogP contribution in [0.1, 0.15) is 156 Å². The average Bonchev–Trinajstić information content (AvgIpc) is 3.14. The summed E-state index contributed by atoms with van der Waals surface area (Å²) in [5, 5.41) is 0. The largest absolute Gasteiger partial charge is 0.217 e. The molecule has 1 unspecified atom stereocenters. The Labute approximate surface area is 189 Å². The summed E-state index contributed by atoms with van der Waals surface area (Å²) >= 11 is 6.38. The first kappa shape index (κ1) is 27.3. The molecule has 0 bridgehead atoms. The van der Waals surface area contributed by atoms with E-state index in [-0.39, 0.29) is 0 Å². The Bertz CT molecular complexity index is 354. The number of hydrogen-bond donors (Lipinski definition) is 0. The SMILES string of the molecule is CCCCCCCCCCCCCCCCCCCCC(C)(C)C1CCCN1Cl. The van der Waals surface area contributed by atoms with Gasteiger partial charge in [0.15, 0.2) is 0 Å². The molecule has 1 rings (SSSR count). The third-order valence-corrected chi connectivity index (χ3v) is 7.67. The second kappa shape index (κ2) is 17.9. The maximum absolute atomic E-state index is 6.38. The summed E-state index contributed by atoms with van der Waals surface area (Å²) in [6.45, 7) is 8.22. The van der Waals surface area contributed by atoms with Crippen LogP contribution in [0, 0.1) is 5.41 Å². The molecule has 1 saturated heterocycles. The third-order valence-electron chi connectivity index (χ3n) is 7.26. The van der Waals surface area contributed by atoms with E-state index in [1.807, 2.05) is 0 Å². The average molecular weight is 428 g/mol. The fourth-order valence-corrected chi connectivity index (χ4v) is 5.63. The van der Waals surface area contributed by atoms with Crippen LogP contribution in [0.25, 0.3) is 0 Å². The van der Waals surface area contributed by atoms with E-state index in [0.29, 0.717) is 11.5 Å². The molecule has 29 heavy (non-hydrogen) atoms. The highest BCUT2D eigenvalue weighted by Crippen LogP contribution is 2.38. The molecule has 0 radical (unpaired) electrons. The first-order valence-corrected chi connectivity index (χ1v) is 13.8. The first-order chi connectivity index (χ1) is 14.1. The Balaban J connectivity index is 1.77. The molecule has 1 nitrogen and oxygen atoms in total. The predicted molar refractivity (Wildman–Crippen MR) is 133 cm³/mol. The van der Waals surface area contributed by atoms with Crippen LogP contribution in [0.3, 0.4) is 0 Å². The number of rotatable bonds is 20. The minimum absolute atomic E-state index is 0.382. The van der Waals surface area contributed by atoms with Crippen molar-refractivity contribution in [1.82, 2.24) is 4.42 Å². The lowest BCUT2D eigenvalue weighted by Crippen LogP contribution is -2.35. The van der Waals surface area contributed by atoms with Gasteiger partial charge in [-0.1, -0.05) is 136 Å². The van der Waals surface area contributed by atoms with Crippen LogP contribution in [0.4, 0.5) is 0 Å². The van der Waals surface area contributed by atoms with Gasteiger partial charge in [0, 0.05) is 12.6 Å². The Morgan fingerprint density at radius 2 is 1.03 bits per heavy atom. The summed E-state index contributed by atoms with van der Waals surface area (Å²) in [5.41, 5.74) is 0.382. The lowest BCUT2D eigenvalue weighted by molar-refractivity contribution is 0.178. The van der Waals surface area contributed by atoms with E-state index in [4.69, 9.17) is 11.8 Å². The lowest BCUT2D eigenvalue weighted by Gasteiger charge is -2.34. The van der Waals surface area contributed by atoms with Crippen molar-refractivity contribution in [2.45, 2.75) is 162 Å². The summed E-state index contributed by atoms with van der Waals surface area (Å²) in [7, 11) is 0. The van der Waals surface area contributed by atoms with Gasteiger partial charge in [-0.05, 0) is 36.5 Å². The molecule has 0 N–H and O–H groups in total. The van der Waals surface area contributed by atoms with Gasteiger partial charge in [-0.2, -0.15) is 0 Å². The first-order valence-electron chi connectivity index (χ1n) is 13.5. The molecule has 1 atom stereocenters. The highest BCUT2D eigenvalue weighted by Gasteiger charge is 2.36. The van der Waals surface area contributed by atoms with Crippen molar-refractivity contribution in [3.63, 3.8) is 0 Å². The molecule has 174 valence electrons. The van der Waals surface area contributed by atoms with Crippen molar-refractivity contribution in [3.8, 4) is 0 Å². The van der Waals surface area contributed by atoms with Gasteiger partial charge >= 0.3 is 0 Å². The van der Waals surface area contributed by atoms with E-state index < -0.39 is 0 Å². The minimum atomic E-state index is 0.382. The van der Waals surface area contributed by atoms with Gasteiger partial charge in [0.2, 0.25) is 0 Å². The standard InChI is InChI=1S/C27H54ClN/c1-4-5-6-7-8-9-10-11-12-13-14-15-16-17-18-19-20-21-24-27(2,3)26-23-22-25-29(26)28/h26H,4-25H2,1-3H3. The normalized spacial score (nSPS) is 18.0. The number of nitrogens with zero attached hydrogens (tertiary/aromatic N) is 1. The Kier molecular flexibility index (Phi) is 16.8. The molecule has 0 aliphatic carbocycles. The summed E-state index contributed by atoms with van der Waals surface area (Å²) in [6, 6.07) is 0.593. The van der Waals surface area contributed by atoms with Gasteiger partial charge in [0.1, 0.15) is 0 Å². The topological polar surface area (TPSA) is 3.24 Å². The van der Waals surface area contributed by atoms with E-state index in [1.165, 1.54) is 135 Å². The molecule has 1 heterocycles. The Hall–Kier alpha value is 0.250. The fraction of sp³-hybridized carbons (Fsp3) is 1.00. The highest BCUT2D eigenvalue weighted by atomic mass is 35.5. The second-order valence-corrected chi connectivity index (χ2v) is 11.0.